The Kier molecular flexibility index (Phi) is 11.3. The van der Waals surface area contributed by atoms with E-state index in [2.05, 4.69) is 27.0 Å². The molecular weight excluding hydrogens is 445 g/mol. The van der Waals surface area contributed by atoms with Gasteiger partial charge in [0.1, 0.15) is 0 Å². The van der Waals surface area contributed by atoms with Gasteiger partial charge in [-0.2, -0.15) is 0 Å². The van der Waals surface area contributed by atoms with E-state index in [0.717, 1.165) is 44.5 Å². The monoisotopic (exact) mass is 481 g/mol. The molecule has 2 rings (SSSR count). The van der Waals surface area contributed by atoms with Crippen LogP contribution in [0.15, 0.2) is 4.99 Å². The molecule has 0 aromatic carbocycles. The highest BCUT2D eigenvalue weighted by Crippen LogP contribution is 2.15. The average molecular weight is 481 g/mol. The predicted molar refractivity (Wildman–Crippen MR) is 116 cm³/mol. The molecule has 0 aromatic rings. The Hall–Kier alpha value is -0.770. The smallest absolute Gasteiger partial charge is 0.409 e. The number of likely N-dealkylation sites (tertiary alicyclic amines) is 1. The van der Waals surface area contributed by atoms with Crippen LogP contribution in [0.3, 0.4) is 0 Å². The number of hydrogen-bond donors (Lipinski definition) is 1. The van der Waals surface area contributed by atoms with Crippen molar-refractivity contribution >= 4 is 36.0 Å². The van der Waals surface area contributed by atoms with E-state index in [-0.39, 0.29) is 30.1 Å². The number of nitrogens with one attached hydrogen (secondary N) is 1. The third kappa shape index (κ3) is 7.46. The van der Waals surface area contributed by atoms with Gasteiger partial charge in [0.2, 0.25) is 0 Å². The number of carbonyl (C=O) groups is 1. The molecule has 1 amide bonds. The van der Waals surface area contributed by atoms with Gasteiger partial charge in [-0.05, 0) is 45.2 Å². The van der Waals surface area contributed by atoms with E-state index in [1.165, 1.54) is 25.9 Å². The van der Waals surface area contributed by atoms with E-state index in [4.69, 9.17) is 4.74 Å². The van der Waals surface area contributed by atoms with Crippen LogP contribution in [0.5, 0.6) is 0 Å². The molecule has 26 heavy (non-hydrogen) atoms. The summed E-state index contributed by atoms with van der Waals surface area (Å²) in [6.07, 6.45) is 3.63. The second-order valence-electron chi connectivity index (χ2n) is 7.05. The number of hydrogen-bond acceptors (Lipinski definition) is 4. The van der Waals surface area contributed by atoms with Crippen molar-refractivity contribution in [3.8, 4) is 0 Å². The van der Waals surface area contributed by atoms with Crippen molar-refractivity contribution in [3.05, 3.63) is 0 Å². The maximum Gasteiger partial charge on any atom is 0.409 e. The van der Waals surface area contributed by atoms with Gasteiger partial charge < -0.3 is 24.8 Å². The number of piperazine rings is 1. The third-order valence-corrected chi connectivity index (χ3v) is 4.99. The molecule has 7 nitrogen and oxygen atoms in total. The lowest BCUT2D eigenvalue weighted by atomic mass is 10.0. The van der Waals surface area contributed by atoms with Gasteiger partial charge >= 0.3 is 6.09 Å². The van der Waals surface area contributed by atoms with Crippen LogP contribution in [-0.2, 0) is 4.74 Å². The molecule has 0 aromatic heterocycles. The first-order valence-corrected chi connectivity index (χ1v) is 9.73. The Morgan fingerprint density at radius 3 is 2.50 bits per heavy atom. The number of carbonyl (C=O) groups excluding carboxylic acids is 1. The Morgan fingerprint density at radius 1 is 1.19 bits per heavy atom. The van der Waals surface area contributed by atoms with Crippen LogP contribution in [0.2, 0.25) is 0 Å². The summed E-state index contributed by atoms with van der Waals surface area (Å²) in [5.74, 6) is 1.78. The van der Waals surface area contributed by atoms with Gasteiger partial charge in [0.05, 0.1) is 6.61 Å². The summed E-state index contributed by atoms with van der Waals surface area (Å²) in [6, 6.07) is 0. The maximum atomic E-state index is 11.8. The van der Waals surface area contributed by atoms with E-state index < -0.39 is 0 Å². The Labute approximate surface area is 175 Å². The molecule has 2 fully saturated rings. The summed E-state index contributed by atoms with van der Waals surface area (Å²) in [5.41, 5.74) is 0. The Morgan fingerprint density at radius 2 is 1.88 bits per heavy atom. The van der Waals surface area contributed by atoms with Crippen molar-refractivity contribution in [2.24, 2.45) is 10.9 Å². The number of guanidine groups is 1. The molecule has 152 valence electrons. The van der Waals surface area contributed by atoms with E-state index in [1.54, 1.807) is 4.90 Å². The van der Waals surface area contributed by atoms with Gasteiger partial charge in [0, 0.05) is 46.3 Å². The van der Waals surface area contributed by atoms with E-state index >= 15 is 0 Å². The summed E-state index contributed by atoms with van der Waals surface area (Å²) in [6.45, 7) is 12.2. The number of rotatable bonds is 5. The number of halogens is 1. The van der Waals surface area contributed by atoms with Crippen molar-refractivity contribution in [2.75, 3.05) is 66.0 Å². The van der Waals surface area contributed by atoms with Gasteiger partial charge in [0.25, 0.3) is 0 Å². The SMILES string of the molecule is CCOC(=O)N1CCN(C(=NC)NCCCN2CCCC(C)C2)CC1.I. The van der Waals surface area contributed by atoms with Gasteiger partial charge in [-0.3, -0.25) is 4.99 Å². The number of ether oxygens (including phenoxy) is 1. The molecule has 2 aliphatic heterocycles. The van der Waals surface area contributed by atoms with Crippen LogP contribution in [0.4, 0.5) is 4.79 Å². The first-order chi connectivity index (χ1) is 12.1. The lowest BCUT2D eigenvalue weighted by molar-refractivity contribution is 0.0914. The van der Waals surface area contributed by atoms with E-state index in [9.17, 15) is 4.79 Å². The fourth-order valence-corrected chi connectivity index (χ4v) is 3.64. The highest BCUT2D eigenvalue weighted by molar-refractivity contribution is 14.0. The first kappa shape index (κ1) is 23.3. The summed E-state index contributed by atoms with van der Waals surface area (Å²) in [5, 5.41) is 3.47. The minimum atomic E-state index is -0.208. The zero-order valence-electron chi connectivity index (χ0n) is 16.6. The third-order valence-electron chi connectivity index (χ3n) is 4.99. The summed E-state index contributed by atoms with van der Waals surface area (Å²) < 4.78 is 5.07. The second kappa shape index (κ2) is 12.6. The average Bonchev–Trinajstić information content (AvgIpc) is 2.62. The van der Waals surface area contributed by atoms with Gasteiger partial charge in [0.15, 0.2) is 5.96 Å². The molecule has 0 saturated carbocycles. The zero-order chi connectivity index (χ0) is 18.1. The molecule has 2 aliphatic rings. The van der Waals surface area contributed by atoms with Gasteiger partial charge in [-0.25, -0.2) is 4.79 Å². The molecule has 2 heterocycles. The molecule has 0 spiro atoms. The quantitative estimate of drug-likeness (QED) is 0.282. The Bertz CT molecular complexity index is 441. The highest BCUT2D eigenvalue weighted by atomic mass is 127. The fraction of sp³-hybridized carbons (Fsp3) is 0.889. The van der Waals surface area contributed by atoms with Crippen molar-refractivity contribution in [2.45, 2.75) is 33.1 Å². The highest BCUT2D eigenvalue weighted by Gasteiger charge is 2.23. The van der Waals surface area contributed by atoms with Crippen LogP contribution in [-0.4, -0.2) is 92.8 Å². The number of piperidine rings is 1. The molecule has 0 bridgehead atoms. The molecule has 1 atom stereocenters. The second-order valence-corrected chi connectivity index (χ2v) is 7.05. The molecule has 1 N–H and O–H groups in total. The summed E-state index contributed by atoms with van der Waals surface area (Å²) in [7, 11) is 1.83. The number of aliphatic imine (C=N–C) groups is 1. The van der Waals surface area contributed by atoms with Crippen LogP contribution >= 0.6 is 24.0 Å². The van der Waals surface area contributed by atoms with Crippen molar-refractivity contribution in [3.63, 3.8) is 0 Å². The first-order valence-electron chi connectivity index (χ1n) is 9.73. The molecule has 1 unspecified atom stereocenters. The molecule has 8 heteroatoms. The predicted octanol–water partition coefficient (Wildman–Crippen LogP) is 2.08. The molecule has 0 aliphatic carbocycles. The van der Waals surface area contributed by atoms with Gasteiger partial charge in [-0.15, -0.1) is 24.0 Å². The fourth-order valence-electron chi connectivity index (χ4n) is 3.64. The van der Waals surface area contributed by atoms with Crippen LogP contribution in [0.25, 0.3) is 0 Å². The number of nitrogens with zero attached hydrogens (tertiary/aromatic N) is 4. The van der Waals surface area contributed by atoms with Crippen LogP contribution in [0.1, 0.15) is 33.1 Å². The van der Waals surface area contributed by atoms with E-state index in [1.807, 2.05) is 14.0 Å². The number of amides is 1. The largest absolute Gasteiger partial charge is 0.450 e. The van der Waals surface area contributed by atoms with Gasteiger partial charge in [-0.1, -0.05) is 6.92 Å². The van der Waals surface area contributed by atoms with Crippen molar-refractivity contribution in [1.29, 1.82) is 0 Å². The molecule has 0 radical (unpaired) electrons. The molecule has 2 saturated heterocycles. The summed E-state index contributed by atoms with van der Waals surface area (Å²) in [4.78, 5) is 22.7. The van der Waals surface area contributed by atoms with E-state index in [0.29, 0.717) is 19.7 Å². The topological polar surface area (TPSA) is 60.4 Å². The van der Waals surface area contributed by atoms with Crippen molar-refractivity contribution < 1.29 is 9.53 Å². The lowest BCUT2D eigenvalue weighted by Gasteiger charge is -2.36. The van der Waals surface area contributed by atoms with Crippen LogP contribution < -0.4 is 5.32 Å². The lowest BCUT2D eigenvalue weighted by Crippen LogP contribution is -2.54. The molecular formula is C18H36IN5O2. The normalized spacial score (nSPS) is 22.0. The standard InChI is InChI=1S/C18H35N5O2.HI/c1-4-25-18(24)23-13-11-22(12-14-23)17(19-3)20-8-6-10-21-9-5-7-16(2)15-21;/h16H,4-15H2,1-3H3,(H,19,20);1H. The maximum absolute atomic E-state index is 11.8. The zero-order valence-corrected chi connectivity index (χ0v) is 18.9. The minimum absolute atomic E-state index is 0. The van der Waals surface area contributed by atoms with Crippen LogP contribution in [0, 0.1) is 5.92 Å². The minimum Gasteiger partial charge on any atom is -0.450 e. The van der Waals surface area contributed by atoms with Crippen molar-refractivity contribution in [1.82, 2.24) is 20.0 Å². The summed E-state index contributed by atoms with van der Waals surface area (Å²) >= 11 is 0. The Balaban J connectivity index is 0.00000338.